The number of rotatable bonds is 4. The van der Waals surface area contributed by atoms with Crippen molar-refractivity contribution in [2.75, 3.05) is 7.11 Å². The Morgan fingerprint density at radius 1 is 1.25 bits per heavy atom. The Morgan fingerprint density at radius 2 is 2.00 bits per heavy atom. The lowest BCUT2D eigenvalue weighted by molar-refractivity contribution is 0.314. The Labute approximate surface area is 117 Å². The third-order valence-corrected chi connectivity index (χ3v) is 4.36. The fourth-order valence-corrected chi connectivity index (χ4v) is 2.89. The molecule has 0 aromatic heterocycles. The van der Waals surface area contributed by atoms with E-state index in [0.29, 0.717) is 11.1 Å². The van der Waals surface area contributed by atoms with Gasteiger partial charge in [-0.25, -0.2) is 4.39 Å². The highest BCUT2D eigenvalue weighted by molar-refractivity contribution is 7.51. The Morgan fingerprint density at radius 3 is 2.65 bits per heavy atom. The van der Waals surface area contributed by atoms with E-state index in [1.807, 2.05) is 25.1 Å². The second kappa shape index (κ2) is 5.88. The van der Waals surface area contributed by atoms with E-state index in [9.17, 15) is 13.8 Å². The van der Waals surface area contributed by atoms with Crippen LogP contribution in [0.3, 0.4) is 0 Å². The minimum absolute atomic E-state index is 0.100. The molecule has 106 valence electrons. The molecule has 5 heteroatoms. The zero-order chi connectivity index (χ0) is 14.8. The van der Waals surface area contributed by atoms with Gasteiger partial charge in [-0.15, -0.1) is 0 Å². The van der Waals surface area contributed by atoms with Crippen LogP contribution in [-0.2, 0) is 15.3 Å². The summed E-state index contributed by atoms with van der Waals surface area (Å²) in [5.74, 6) is -0.340. The summed E-state index contributed by atoms with van der Waals surface area (Å²) in [5.41, 5.74) is 3.05. The molecular weight excluding hydrogens is 278 g/mol. The average Bonchev–Trinajstić information content (AvgIpc) is 2.38. The Hall–Kier alpha value is -1.48. The highest BCUT2D eigenvalue weighted by Gasteiger charge is 2.20. The first-order valence-electron chi connectivity index (χ1n) is 6.14. The summed E-state index contributed by atoms with van der Waals surface area (Å²) in [5, 5.41) is 0. The molecule has 0 saturated carbocycles. The van der Waals surface area contributed by atoms with Crippen molar-refractivity contribution in [3.05, 3.63) is 59.4 Å². The fraction of sp³-hybridized carbons (Fsp3) is 0.200. The summed E-state index contributed by atoms with van der Waals surface area (Å²) in [6.07, 6.45) is -0.100. The molecule has 0 spiro atoms. The van der Waals surface area contributed by atoms with Gasteiger partial charge in [0.1, 0.15) is 5.82 Å². The van der Waals surface area contributed by atoms with Gasteiger partial charge in [-0.2, -0.15) is 0 Å². The van der Waals surface area contributed by atoms with Gasteiger partial charge in [-0.3, -0.25) is 4.57 Å². The molecular formula is C15H16FO3P. The SMILES string of the molecule is COP(=O)(O)Cc1cc(C)ccc1-c1cccc(F)c1. The molecule has 1 unspecified atom stereocenters. The van der Waals surface area contributed by atoms with Gasteiger partial charge < -0.3 is 9.42 Å². The van der Waals surface area contributed by atoms with E-state index in [2.05, 4.69) is 4.52 Å². The van der Waals surface area contributed by atoms with E-state index in [1.54, 1.807) is 12.1 Å². The van der Waals surface area contributed by atoms with E-state index in [-0.39, 0.29) is 12.0 Å². The first kappa shape index (κ1) is 14.9. The third-order valence-electron chi connectivity index (χ3n) is 3.05. The summed E-state index contributed by atoms with van der Waals surface area (Å²) in [7, 11) is -2.46. The smallest absolute Gasteiger partial charge is 0.324 e. The van der Waals surface area contributed by atoms with Crippen LogP contribution in [0.25, 0.3) is 11.1 Å². The summed E-state index contributed by atoms with van der Waals surface area (Å²) >= 11 is 0. The van der Waals surface area contributed by atoms with Gasteiger partial charge in [-0.1, -0.05) is 35.9 Å². The molecule has 0 saturated heterocycles. The lowest BCUT2D eigenvalue weighted by Crippen LogP contribution is -1.95. The van der Waals surface area contributed by atoms with Crippen molar-refractivity contribution in [2.24, 2.45) is 0 Å². The van der Waals surface area contributed by atoms with Gasteiger partial charge in [0.25, 0.3) is 0 Å². The molecule has 1 atom stereocenters. The molecule has 0 radical (unpaired) electrons. The molecule has 0 aliphatic rings. The molecule has 0 amide bonds. The standard InChI is InChI=1S/C15H16FO3P/c1-11-6-7-15(12-4-3-5-14(16)9-12)13(8-11)10-20(17,18)19-2/h3-9H,10H2,1-2H3,(H,17,18). The largest absolute Gasteiger partial charge is 0.332 e. The average molecular weight is 294 g/mol. The minimum Gasteiger partial charge on any atom is -0.324 e. The van der Waals surface area contributed by atoms with Crippen molar-refractivity contribution >= 4 is 7.60 Å². The molecule has 0 heterocycles. The van der Waals surface area contributed by atoms with Crippen LogP contribution in [0.4, 0.5) is 4.39 Å². The van der Waals surface area contributed by atoms with Crippen molar-refractivity contribution in [3.8, 4) is 11.1 Å². The van der Waals surface area contributed by atoms with E-state index >= 15 is 0 Å². The van der Waals surface area contributed by atoms with Crippen molar-refractivity contribution in [1.82, 2.24) is 0 Å². The van der Waals surface area contributed by atoms with E-state index in [4.69, 9.17) is 0 Å². The zero-order valence-corrected chi connectivity index (χ0v) is 12.2. The first-order valence-corrected chi connectivity index (χ1v) is 7.90. The van der Waals surface area contributed by atoms with Crippen LogP contribution in [0.5, 0.6) is 0 Å². The fourth-order valence-electron chi connectivity index (χ4n) is 2.07. The number of benzene rings is 2. The predicted octanol–water partition coefficient (Wildman–Crippen LogP) is 4.13. The normalized spacial score (nSPS) is 14.0. The Bertz CT molecular complexity index is 670. The molecule has 2 aromatic rings. The van der Waals surface area contributed by atoms with Crippen LogP contribution in [0.1, 0.15) is 11.1 Å². The van der Waals surface area contributed by atoms with Crippen molar-refractivity contribution in [2.45, 2.75) is 13.1 Å². The molecule has 0 aliphatic carbocycles. The number of hydrogen-bond acceptors (Lipinski definition) is 2. The molecule has 0 bridgehead atoms. The highest BCUT2D eigenvalue weighted by atomic mass is 31.2. The summed E-state index contributed by atoms with van der Waals surface area (Å²) in [6, 6.07) is 11.7. The first-order chi connectivity index (χ1) is 9.41. The molecule has 20 heavy (non-hydrogen) atoms. The van der Waals surface area contributed by atoms with Gasteiger partial charge in [0, 0.05) is 7.11 Å². The minimum atomic E-state index is -3.67. The Balaban J connectivity index is 2.51. The quantitative estimate of drug-likeness (QED) is 0.862. The van der Waals surface area contributed by atoms with Gasteiger partial charge in [0.05, 0.1) is 6.16 Å². The summed E-state index contributed by atoms with van der Waals surface area (Å²) in [4.78, 5) is 9.65. The maximum absolute atomic E-state index is 13.3. The van der Waals surface area contributed by atoms with Gasteiger partial charge in [-0.05, 0) is 35.7 Å². The lowest BCUT2D eigenvalue weighted by Gasteiger charge is -2.14. The maximum Gasteiger partial charge on any atom is 0.332 e. The number of aryl methyl sites for hydroxylation is 1. The second-order valence-electron chi connectivity index (χ2n) is 4.65. The van der Waals surface area contributed by atoms with Gasteiger partial charge >= 0.3 is 7.60 Å². The van der Waals surface area contributed by atoms with Crippen LogP contribution in [0.2, 0.25) is 0 Å². The summed E-state index contributed by atoms with van der Waals surface area (Å²) in [6.45, 7) is 1.90. The molecule has 2 rings (SSSR count). The van der Waals surface area contributed by atoms with Crippen LogP contribution >= 0.6 is 7.60 Å². The third kappa shape index (κ3) is 3.54. The monoisotopic (exact) mass is 294 g/mol. The zero-order valence-electron chi connectivity index (χ0n) is 11.3. The van der Waals surface area contributed by atoms with Gasteiger partial charge in [0.15, 0.2) is 0 Å². The topological polar surface area (TPSA) is 46.5 Å². The lowest BCUT2D eigenvalue weighted by atomic mass is 9.99. The van der Waals surface area contributed by atoms with Gasteiger partial charge in [0.2, 0.25) is 0 Å². The summed E-state index contributed by atoms with van der Waals surface area (Å²) < 4.78 is 29.7. The van der Waals surface area contributed by atoms with Crippen LogP contribution in [0.15, 0.2) is 42.5 Å². The van der Waals surface area contributed by atoms with E-state index in [1.165, 1.54) is 19.2 Å². The molecule has 2 aromatic carbocycles. The molecule has 3 nitrogen and oxygen atoms in total. The molecule has 0 fully saturated rings. The van der Waals surface area contributed by atoms with E-state index < -0.39 is 7.60 Å². The van der Waals surface area contributed by atoms with Crippen LogP contribution in [0, 0.1) is 12.7 Å². The molecule has 0 aliphatic heterocycles. The number of hydrogen-bond donors (Lipinski definition) is 1. The van der Waals surface area contributed by atoms with Crippen molar-refractivity contribution < 1.29 is 18.4 Å². The predicted molar refractivity (Wildman–Crippen MR) is 77.1 cm³/mol. The number of halogens is 1. The Kier molecular flexibility index (Phi) is 4.39. The van der Waals surface area contributed by atoms with E-state index in [0.717, 1.165) is 11.1 Å². The van der Waals surface area contributed by atoms with Crippen molar-refractivity contribution in [3.63, 3.8) is 0 Å². The maximum atomic E-state index is 13.3. The second-order valence-corrected chi connectivity index (χ2v) is 6.61. The highest BCUT2D eigenvalue weighted by Crippen LogP contribution is 2.46. The van der Waals surface area contributed by atoms with Crippen molar-refractivity contribution in [1.29, 1.82) is 0 Å². The molecule has 1 N–H and O–H groups in total. The van der Waals surface area contributed by atoms with Crippen LogP contribution in [-0.4, -0.2) is 12.0 Å². The van der Waals surface area contributed by atoms with Crippen LogP contribution < -0.4 is 0 Å².